The minimum atomic E-state index is -2.88. The number of alkyl halides is 2. The van der Waals surface area contributed by atoms with Crippen LogP contribution in [0, 0.1) is 12.8 Å². The number of H-pyrrole nitrogens is 1. The number of benzene rings is 1. The number of halogens is 2. The summed E-state index contributed by atoms with van der Waals surface area (Å²) in [5.74, 6) is -3.50. The van der Waals surface area contributed by atoms with Gasteiger partial charge in [-0.15, -0.1) is 5.10 Å². The number of nitrogens with zero attached hydrogens (tertiary/aromatic N) is 4. The summed E-state index contributed by atoms with van der Waals surface area (Å²) < 4.78 is 27.8. The molecule has 158 valence electrons. The number of anilines is 3. The summed E-state index contributed by atoms with van der Waals surface area (Å²) >= 11 is 1.34. The number of amides is 1. The van der Waals surface area contributed by atoms with Crippen molar-refractivity contribution in [1.29, 1.82) is 0 Å². The van der Waals surface area contributed by atoms with Crippen molar-refractivity contribution < 1.29 is 13.6 Å². The van der Waals surface area contributed by atoms with Crippen LogP contribution >= 0.6 is 11.8 Å². The Morgan fingerprint density at radius 2 is 2.06 bits per heavy atom. The van der Waals surface area contributed by atoms with E-state index in [4.69, 9.17) is 0 Å². The highest BCUT2D eigenvalue weighted by molar-refractivity contribution is 7.99. The fourth-order valence-corrected chi connectivity index (χ4v) is 3.84. The molecule has 11 heteroatoms. The smallest absolute Gasteiger partial charge is 0.260 e. The Bertz CT molecular complexity index is 1270. The number of carbonyl (C=O) groups excluding carboxylic acids is 1. The topological polar surface area (TPSA) is 100 Å². The van der Waals surface area contributed by atoms with Crippen LogP contribution in [0.2, 0.25) is 0 Å². The summed E-state index contributed by atoms with van der Waals surface area (Å²) in [5.41, 5.74) is 2.20. The Balaban J connectivity index is 1.32. The maximum Gasteiger partial charge on any atom is 0.260 e. The van der Waals surface area contributed by atoms with E-state index in [0.717, 1.165) is 16.1 Å². The van der Waals surface area contributed by atoms with E-state index in [0.29, 0.717) is 22.5 Å². The number of aryl methyl sites for hydroxylation is 1. The van der Waals surface area contributed by atoms with Gasteiger partial charge in [-0.05, 0) is 55.1 Å². The molecule has 0 radical (unpaired) electrons. The second kappa shape index (κ2) is 7.34. The molecule has 4 aromatic rings. The second-order valence-corrected chi connectivity index (χ2v) is 8.32. The van der Waals surface area contributed by atoms with Crippen LogP contribution in [0.3, 0.4) is 0 Å². The summed E-state index contributed by atoms with van der Waals surface area (Å²) in [6.45, 7) is 1.91. The Kier molecular flexibility index (Phi) is 4.62. The zero-order chi connectivity index (χ0) is 21.6. The second-order valence-electron chi connectivity index (χ2n) is 7.28. The van der Waals surface area contributed by atoms with E-state index in [1.807, 2.05) is 31.3 Å². The standard InChI is InChI=1S/C20H17F2N7OS/c1-11-9-16(27-26-11)24-17-15-3-2-8-29(15)28-19(25-17)31-13-6-4-12(5-7-13)23-18(30)14-10-20(14,21)22/h2-9,14H,10H2,1H3,(H,23,30)(H2,24,25,26,27,28). The van der Waals surface area contributed by atoms with Gasteiger partial charge < -0.3 is 10.6 Å². The average molecular weight is 441 g/mol. The molecule has 1 atom stereocenters. The molecule has 0 saturated heterocycles. The van der Waals surface area contributed by atoms with Crippen LogP contribution < -0.4 is 10.6 Å². The molecule has 1 saturated carbocycles. The van der Waals surface area contributed by atoms with E-state index in [1.165, 1.54) is 11.8 Å². The molecule has 1 aliphatic carbocycles. The molecule has 0 spiro atoms. The predicted molar refractivity (Wildman–Crippen MR) is 112 cm³/mol. The SMILES string of the molecule is Cc1cc(Nc2nc(Sc3ccc(NC(=O)C4CC4(F)F)cc3)nn3cccc23)n[nH]1. The van der Waals surface area contributed by atoms with Gasteiger partial charge in [-0.1, -0.05) is 0 Å². The van der Waals surface area contributed by atoms with Crippen LogP contribution in [0.1, 0.15) is 12.1 Å². The first-order valence-corrected chi connectivity index (χ1v) is 10.3. The Morgan fingerprint density at radius 3 is 2.74 bits per heavy atom. The van der Waals surface area contributed by atoms with Gasteiger partial charge in [0.1, 0.15) is 11.4 Å². The molecule has 0 bridgehead atoms. The van der Waals surface area contributed by atoms with E-state index in [-0.39, 0.29) is 6.42 Å². The van der Waals surface area contributed by atoms with Crippen LogP contribution in [0.25, 0.3) is 5.52 Å². The van der Waals surface area contributed by atoms with Crippen molar-refractivity contribution in [2.45, 2.75) is 29.3 Å². The first kappa shape index (κ1) is 19.5. The molecule has 3 N–H and O–H groups in total. The fourth-order valence-electron chi connectivity index (χ4n) is 3.09. The highest BCUT2D eigenvalue weighted by Gasteiger charge is 2.61. The molecule has 3 heterocycles. The van der Waals surface area contributed by atoms with Gasteiger partial charge in [-0.3, -0.25) is 9.89 Å². The maximum absolute atomic E-state index is 13.0. The fraction of sp³-hybridized carbons (Fsp3) is 0.200. The molecule has 1 unspecified atom stereocenters. The highest BCUT2D eigenvalue weighted by Crippen LogP contribution is 2.49. The summed E-state index contributed by atoms with van der Waals surface area (Å²) in [5, 5.41) is 17.8. The maximum atomic E-state index is 13.0. The lowest BCUT2D eigenvalue weighted by Crippen LogP contribution is -2.17. The number of aromatic amines is 1. The molecule has 5 rings (SSSR count). The van der Waals surface area contributed by atoms with Crippen molar-refractivity contribution in [3.63, 3.8) is 0 Å². The summed E-state index contributed by atoms with van der Waals surface area (Å²) in [4.78, 5) is 17.3. The van der Waals surface area contributed by atoms with Gasteiger partial charge in [-0.2, -0.15) is 5.10 Å². The third-order valence-electron chi connectivity index (χ3n) is 4.80. The van der Waals surface area contributed by atoms with Gasteiger partial charge in [0.05, 0.1) is 0 Å². The minimum Gasteiger partial charge on any atom is -0.326 e. The molecule has 1 fully saturated rings. The number of rotatable bonds is 6. The van der Waals surface area contributed by atoms with Crippen LogP contribution in [0.5, 0.6) is 0 Å². The largest absolute Gasteiger partial charge is 0.326 e. The molecule has 1 aliphatic rings. The van der Waals surface area contributed by atoms with Crippen molar-refractivity contribution in [3.8, 4) is 0 Å². The molecule has 3 aromatic heterocycles. The number of carbonyl (C=O) groups is 1. The number of aromatic nitrogens is 5. The first-order chi connectivity index (χ1) is 14.9. The normalized spacial score (nSPS) is 16.9. The van der Waals surface area contributed by atoms with Gasteiger partial charge in [0.2, 0.25) is 11.1 Å². The first-order valence-electron chi connectivity index (χ1n) is 9.48. The van der Waals surface area contributed by atoms with Crippen molar-refractivity contribution >= 4 is 40.5 Å². The van der Waals surface area contributed by atoms with Crippen molar-refractivity contribution in [1.82, 2.24) is 24.8 Å². The average Bonchev–Trinajstić information content (AvgIpc) is 3.06. The molecule has 31 heavy (non-hydrogen) atoms. The van der Waals surface area contributed by atoms with E-state index in [2.05, 4.69) is 30.9 Å². The van der Waals surface area contributed by atoms with Crippen molar-refractivity contribution in [3.05, 3.63) is 54.4 Å². The van der Waals surface area contributed by atoms with Crippen molar-refractivity contribution in [2.24, 2.45) is 5.92 Å². The third kappa shape index (κ3) is 4.08. The van der Waals surface area contributed by atoms with Gasteiger partial charge >= 0.3 is 0 Å². The van der Waals surface area contributed by atoms with E-state index >= 15 is 0 Å². The zero-order valence-electron chi connectivity index (χ0n) is 16.3. The van der Waals surface area contributed by atoms with Gasteiger partial charge in [-0.25, -0.2) is 18.3 Å². The molecular formula is C20H17F2N7OS. The zero-order valence-corrected chi connectivity index (χ0v) is 17.1. The Labute approximate surface area is 179 Å². The van der Waals surface area contributed by atoms with E-state index in [9.17, 15) is 13.6 Å². The molecule has 8 nitrogen and oxygen atoms in total. The van der Waals surface area contributed by atoms with Crippen LogP contribution in [0.4, 0.5) is 26.1 Å². The van der Waals surface area contributed by atoms with Crippen LogP contribution in [-0.2, 0) is 4.79 Å². The number of fused-ring (bicyclic) bond motifs is 1. The van der Waals surface area contributed by atoms with Crippen LogP contribution in [-0.4, -0.2) is 36.6 Å². The third-order valence-corrected chi connectivity index (χ3v) is 5.66. The van der Waals surface area contributed by atoms with Crippen LogP contribution in [0.15, 0.2) is 58.7 Å². The number of hydrogen-bond acceptors (Lipinski definition) is 6. The molecule has 0 aliphatic heterocycles. The summed E-state index contributed by atoms with van der Waals surface area (Å²) in [7, 11) is 0. The lowest BCUT2D eigenvalue weighted by molar-refractivity contribution is -0.119. The Hall–Kier alpha value is -3.47. The lowest BCUT2D eigenvalue weighted by atomic mass is 10.3. The molecule has 1 amide bonds. The minimum absolute atomic E-state index is 0.389. The Morgan fingerprint density at radius 1 is 1.29 bits per heavy atom. The van der Waals surface area contributed by atoms with E-state index in [1.54, 1.807) is 28.8 Å². The van der Waals surface area contributed by atoms with Crippen molar-refractivity contribution in [2.75, 3.05) is 10.6 Å². The highest BCUT2D eigenvalue weighted by atomic mass is 32.2. The predicted octanol–water partition coefficient (Wildman–Crippen LogP) is 4.25. The summed E-state index contributed by atoms with van der Waals surface area (Å²) in [6, 6.07) is 12.5. The van der Waals surface area contributed by atoms with Gasteiger partial charge in [0.25, 0.3) is 5.92 Å². The number of hydrogen-bond donors (Lipinski definition) is 3. The quantitative estimate of drug-likeness (QED) is 0.414. The molecular weight excluding hydrogens is 424 g/mol. The lowest BCUT2D eigenvalue weighted by Gasteiger charge is -2.08. The number of nitrogens with one attached hydrogen (secondary N) is 3. The van der Waals surface area contributed by atoms with Gasteiger partial charge in [0.15, 0.2) is 11.6 Å². The summed E-state index contributed by atoms with van der Waals surface area (Å²) in [6.07, 6.45) is 1.44. The molecule has 1 aromatic carbocycles. The monoisotopic (exact) mass is 441 g/mol. The van der Waals surface area contributed by atoms with E-state index < -0.39 is 17.7 Å². The van der Waals surface area contributed by atoms with Gasteiger partial charge in [0, 0.05) is 35.0 Å².